The van der Waals surface area contributed by atoms with Gasteiger partial charge in [0, 0.05) is 4.47 Å². The second-order valence-electron chi connectivity index (χ2n) is 3.73. The Bertz CT molecular complexity index is 380. The molecular weight excluding hydrogens is 240 g/mol. The molecular formula is C12H13BrO. The molecule has 0 spiro atoms. The smallest absolute Gasteiger partial charge is 0.0698 e. The van der Waals surface area contributed by atoms with Gasteiger partial charge in [-0.05, 0) is 48.6 Å². The first kappa shape index (κ1) is 9.94. The first-order valence-corrected chi connectivity index (χ1v) is 5.63. The fourth-order valence-corrected chi connectivity index (χ4v) is 2.36. The van der Waals surface area contributed by atoms with Crippen molar-refractivity contribution in [2.24, 2.45) is 0 Å². The third-order valence-corrected chi connectivity index (χ3v) is 3.01. The van der Waals surface area contributed by atoms with Gasteiger partial charge in [-0.1, -0.05) is 28.1 Å². The second-order valence-corrected chi connectivity index (χ2v) is 4.65. The molecule has 1 unspecified atom stereocenters. The minimum Gasteiger partial charge on any atom is -0.389 e. The molecule has 0 aromatic heterocycles. The predicted octanol–water partition coefficient (Wildman–Crippen LogP) is 3.16. The Labute approximate surface area is 92.6 Å². The van der Waals surface area contributed by atoms with Gasteiger partial charge in [0.15, 0.2) is 0 Å². The lowest BCUT2D eigenvalue weighted by Gasteiger charge is -2.03. The van der Waals surface area contributed by atoms with Crippen LogP contribution in [0, 0.1) is 0 Å². The molecule has 1 aliphatic rings. The van der Waals surface area contributed by atoms with Crippen LogP contribution in [0.15, 0.2) is 28.7 Å². The van der Waals surface area contributed by atoms with Crippen molar-refractivity contribution < 1.29 is 5.11 Å². The quantitative estimate of drug-likeness (QED) is 0.815. The number of aliphatic hydroxyl groups is 1. The van der Waals surface area contributed by atoms with Gasteiger partial charge in [-0.3, -0.25) is 0 Å². The second kappa shape index (κ2) is 3.87. The van der Waals surface area contributed by atoms with Gasteiger partial charge in [0.2, 0.25) is 0 Å². The van der Waals surface area contributed by atoms with Crippen molar-refractivity contribution in [3.05, 3.63) is 39.9 Å². The molecule has 1 aromatic rings. The molecule has 1 aliphatic carbocycles. The number of fused-ring (bicyclic) bond motifs is 1. The molecule has 1 N–H and O–H groups in total. The number of hydrogen-bond acceptors (Lipinski definition) is 1. The zero-order chi connectivity index (χ0) is 10.1. The van der Waals surface area contributed by atoms with Gasteiger partial charge in [0.05, 0.1) is 6.10 Å². The molecule has 0 aliphatic heterocycles. The summed E-state index contributed by atoms with van der Waals surface area (Å²) in [7, 11) is 0. The summed E-state index contributed by atoms with van der Waals surface area (Å²) in [6.45, 7) is 1.80. The molecule has 0 saturated carbocycles. The summed E-state index contributed by atoms with van der Waals surface area (Å²) in [5.74, 6) is 0. The van der Waals surface area contributed by atoms with Crippen LogP contribution in [0.5, 0.6) is 0 Å². The van der Waals surface area contributed by atoms with Crippen LogP contribution in [0.4, 0.5) is 0 Å². The van der Waals surface area contributed by atoms with Crippen molar-refractivity contribution in [2.45, 2.75) is 25.9 Å². The average Bonchev–Trinajstić information content (AvgIpc) is 2.47. The van der Waals surface area contributed by atoms with Crippen molar-refractivity contribution in [3.63, 3.8) is 0 Å². The Hall–Kier alpha value is -0.600. The molecule has 74 valence electrons. The SMILES string of the molecule is CC(O)/C=C1/CCc2cc(Br)ccc21. The molecule has 2 rings (SSSR count). The van der Waals surface area contributed by atoms with E-state index < -0.39 is 0 Å². The maximum absolute atomic E-state index is 9.31. The molecule has 0 radical (unpaired) electrons. The van der Waals surface area contributed by atoms with Gasteiger partial charge in [0.1, 0.15) is 0 Å². The molecule has 1 atom stereocenters. The van der Waals surface area contributed by atoms with E-state index in [4.69, 9.17) is 0 Å². The van der Waals surface area contributed by atoms with E-state index in [1.807, 2.05) is 6.08 Å². The summed E-state index contributed by atoms with van der Waals surface area (Å²) < 4.78 is 1.13. The van der Waals surface area contributed by atoms with Crippen LogP contribution >= 0.6 is 15.9 Å². The fourth-order valence-electron chi connectivity index (χ4n) is 1.95. The summed E-state index contributed by atoms with van der Waals surface area (Å²) in [5, 5.41) is 9.31. The number of halogens is 1. The summed E-state index contributed by atoms with van der Waals surface area (Å²) >= 11 is 3.47. The first-order valence-electron chi connectivity index (χ1n) is 4.84. The van der Waals surface area contributed by atoms with Crippen molar-refractivity contribution in [1.29, 1.82) is 0 Å². The Kier molecular flexibility index (Phi) is 2.75. The highest BCUT2D eigenvalue weighted by Gasteiger charge is 2.16. The maximum atomic E-state index is 9.31. The van der Waals surface area contributed by atoms with E-state index in [9.17, 15) is 5.11 Å². The van der Waals surface area contributed by atoms with E-state index in [2.05, 4.69) is 34.1 Å². The summed E-state index contributed by atoms with van der Waals surface area (Å²) in [6.07, 6.45) is 3.74. The highest BCUT2D eigenvalue weighted by Crippen LogP contribution is 2.33. The number of aliphatic hydroxyl groups excluding tert-OH is 1. The monoisotopic (exact) mass is 252 g/mol. The first-order chi connectivity index (χ1) is 6.66. The third kappa shape index (κ3) is 1.91. The third-order valence-electron chi connectivity index (χ3n) is 2.52. The van der Waals surface area contributed by atoms with E-state index in [-0.39, 0.29) is 6.10 Å². The minimum absolute atomic E-state index is 0.348. The molecule has 2 heteroatoms. The molecule has 1 nitrogen and oxygen atoms in total. The zero-order valence-corrected chi connectivity index (χ0v) is 9.71. The summed E-state index contributed by atoms with van der Waals surface area (Å²) in [5.41, 5.74) is 3.96. The zero-order valence-electron chi connectivity index (χ0n) is 8.13. The van der Waals surface area contributed by atoms with Crippen molar-refractivity contribution >= 4 is 21.5 Å². The molecule has 14 heavy (non-hydrogen) atoms. The summed E-state index contributed by atoms with van der Waals surface area (Å²) in [4.78, 5) is 0. The Morgan fingerprint density at radius 1 is 1.43 bits per heavy atom. The van der Waals surface area contributed by atoms with Gasteiger partial charge in [0.25, 0.3) is 0 Å². The van der Waals surface area contributed by atoms with E-state index in [1.54, 1.807) is 6.92 Å². The van der Waals surface area contributed by atoms with Gasteiger partial charge in [-0.15, -0.1) is 0 Å². The fraction of sp³-hybridized carbons (Fsp3) is 0.333. The van der Waals surface area contributed by atoms with Crippen molar-refractivity contribution in [1.82, 2.24) is 0 Å². The minimum atomic E-state index is -0.348. The summed E-state index contributed by atoms with van der Waals surface area (Å²) in [6, 6.07) is 6.35. The highest BCUT2D eigenvalue weighted by atomic mass is 79.9. The molecule has 0 fully saturated rings. The largest absolute Gasteiger partial charge is 0.389 e. The predicted molar refractivity (Wildman–Crippen MR) is 62.1 cm³/mol. The number of allylic oxidation sites excluding steroid dienone is 1. The molecule has 0 amide bonds. The molecule has 1 aromatic carbocycles. The van der Waals surface area contributed by atoms with E-state index in [0.717, 1.165) is 17.3 Å². The molecule has 0 bridgehead atoms. The average molecular weight is 253 g/mol. The van der Waals surface area contributed by atoms with Crippen molar-refractivity contribution in [2.75, 3.05) is 0 Å². The Morgan fingerprint density at radius 3 is 2.93 bits per heavy atom. The van der Waals surface area contributed by atoms with Crippen LogP contribution in [-0.4, -0.2) is 11.2 Å². The van der Waals surface area contributed by atoms with E-state index in [1.165, 1.54) is 16.7 Å². The standard InChI is InChI=1S/C12H13BrO/c1-8(14)6-9-2-3-10-7-11(13)4-5-12(9)10/h4-8,14H,2-3H2,1H3/b9-6-. The van der Waals surface area contributed by atoms with E-state index >= 15 is 0 Å². The number of hydrogen-bond donors (Lipinski definition) is 1. The maximum Gasteiger partial charge on any atom is 0.0698 e. The Balaban J connectivity index is 2.40. The van der Waals surface area contributed by atoms with Crippen LogP contribution in [0.2, 0.25) is 0 Å². The van der Waals surface area contributed by atoms with Crippen LogP contribution in [0.25, 0.3) is 5.57 Å². The van der Waals surface area contributed by atoms with E-state index in [0.29, 0.717) is 0 Å². The number of rotatable bonds is 1. The lowest BCUT2D eigenvalue weighted by Crippen LogP contribution is -1.94. The van der Waals surface area contributed by atoms with Gasteiger partial charge in [-0.25, -0.2) is 0 Å². The number of aryl methyl sites for hydroxylation is 1. The van der Waals surface area contributed by atoms with Gasteiger partial charge >= 0.3 is 0 Å². The van der Waals surface area contributed by atoms with Crippen LogP contribution in [0.1, 0.15) is 24.5 Å². The highest BCUT2D eigenvalue weighted by molar-refractivity contribution is 9.10. The molecule has 0 heterocycles. The number of benzene rings is 1. The molecule has 0 saturated heterocycles. The van der Waals surface area contributed by atoms with Gasteiger partial charge in [-0.2, -0.15) is 0 Å². The Morgan fingerprint density at radius 2 is 2.21 bits per heavy atom. The lowest BCUT2D eigenvalue weighted by molar-refractivity contribution is 0.244. The van der Waals surface area contributed by atoms with Crippen LogP contribution in [0.3, 0.4) is 0 Å². The topological polar surface area (TPSA) is 20.2 Å². The van der Waals surface area contributed by atoms with Crippen LogP contribution in [-0.2, 0) is 6.42 Å². The normalized spacial score (nSPS) is 19.8. The van der Waals surface area contributed by atoms with Crippen molar-refractivity contribution in [3.8, 4) is 0 Å². The van der Waals surface area contributed by atoms with Crippen LogP contribution < -0.4 is 0 Å². The van der Waals surface area contributed by atoms with Gasteiger partial charge < -0.3 is 5.11 Å². The lowest BCUT2D eigenvalue weighted by atomic mass is 10.1.